The van der Waals surface area contributed by atoms with E-state index in [4.69, 9.17) is 0 Å². The van der Waals surface area contributed by atoms with Crippen molar-refractivity contribution in [1.82, 2.24) is 19.8 Å². The van der Waals surface area contributed by atoms with E-state index in [0.717, 1.165) is 42.5 Å². The Bertz CT molecular complexity index is 1400. The molecule has 3 heterocycles. The summed E-state index contributed by atoms with van der Waals surface area (Å²) >= 11 is 0. The molecule has 1 aliphatic carbocycles. The van der Waals surface area contributed by atoms with Crippen molar-refractivity contribution in [2.75, 3.05) is 18.4 Å². The number of halogens is 2. The first-order valence-electron chi connectivity index (χ1n) is 13.2. The van der Waals surface area contributed by atoms with Gasteiger partial charge in [0.2, 0.25) is 0 Å². The normalized spacial score (nSPS) is 21.1. The summed E-state index contributed by atoms with van der Waals surface area (Å²) in [7, 11) is 0. The summed E-state index contributed by atoms with van der Waals surface area (Å²) in [6.07, 6.45) is 9.61. The molecule has 2 fully saturated rings. The zero-order chi connectivity index (χ0) is 26.1. The highest BCUT2D eigenvalue weighted by Gasteiger charge is 2.47. The molecule has 2 aromatic heterocycles. The Balaban J connectivity index is 1.13. The van der Waals surface area contributed by atoms with E-state index in [-0.39, 0.29) is 25.2 Å². The first-order valence-corrected chi connectivity index (χ1v) is 13.2. The van der Waals surface area contributed by atoms with Crippen LogP contribution < -0.4 is 10.6 Å². The second-order valence-corrected chi connectivity index (χ2v) is 10.5. The third kappa shape index (κ3) is 5.13. The molecule has 196 valence electrons. The number of carbonyl (C=O) groups is 1. The third-order valence-electron chi connectivity index (χ3n) is 7.84. The van der Waals surface area contributed by atoms with Crippen molar-refractivity contribution in [1.29, 1.82) is 0 Å². The molecule has 0 radical (unpaired) electrons. The number of aromatic nitrogens is 2. The van der Waals surface area contributed by atoms with E-state index in [9.17, 15) is 13.6 Å². The second kappa shape index (κ2) is 10.2. The molecule has 2 amide bonds. The monoisotopic (exact) mass is 515 g/mol. The van der Waals surface area contributed by atoms with Crippen LogP contribution in [0.5, 0.6) is 0 Å². The lowest BCUT2D eigenvalue weighted by molar-refractivity contribution is -0.150. The highest BCUT2D eigenvalue weighted by Crippen LogP contribution is 2.41. The van der Waals surface area contributed by atoms with Crippen LogP contribution in [-0.4, -0.2) is 45.5 Å². The predicted molar refractivity (Wildman–Crippen MR) is 145 cm³/mol. The van der Waals surface area contributed by atoms with E-state index in [2.05, 4.69) is 44.6 Å². The average Bonchev–Trinajstić information content (AvgIpc) is 3.31. The zero-order valence-corrected chi connectivity index (χ0v) is 21.1. The first kappa shape index (κ1) is 24.6. The summed E-state index contributed by atoms with van der Waals surface area (Å²) in [5.41, 5.74) is 5.13. The van der Waals surface area contributed by atoms with Crippen molar-refractivity contribution in [3.05, 3.63) is 90.4 Å². The summed E-state index contributed by atoms with van der Waals surface area (Å²) in [5, 5.41) is 6.96. The number of hydrogen-bond acceptors (Lipinski definition) is 3. The molecular weight excluding hydrogens is 484 g/mol. The Kier molecular flexibility index (Phi) is 6.57. The van der Waals surface area contributed by atoms with Gasteiger partial charge in [0.25, 0.3) is 5.92 Å². The topological polar surface area (TPSA) is 62.2 Å². The minimum atomic E-state index is -2.50. The van der Waals surface area contributed by atoms with Gasteiger partial charge in [-0.2, -0.15) is 0 Å². The summed E-state index contributed by atoms with van der Waals surface area (Å²) in [4.78, 5) is 18.3. The predicted octanol–water partition coefficient (Wildman–Crippen LogP) is 6.32. The van der Waals surface area contributed by atoms with Gasteiger partial charge < -0.3 is 15.2 Å². The molecule has 6 rings (SSSR count). The number of alkyl halides is 2. The van der Waals surface area contributed by atoms with Crippen molar-refractivity contribution in [3.63, 3.8) is 0 Å². The second-order valence-electron chi connectivity index (χ2n) is 10.5. The number of benzene rings is 2. The largest absolute Gasteiger partial charge is 0.334 e. The Hall–Kier alpha value is -3.78. The molecule has 0 spiro atoms. The van der Waals surface area contributed by atoms with Crippen LogP contribution in [0.15, 0.2) is 79.3 Å². The van der Waals surface area contributed by atoms with Crippen molar-refractivity contribution >= 4 is 22.6 Å². The summed E-state index contributed by atoms with van der Waals surface area (Å²) in [6.45, 7) is 0.236. The molecule has 8 heteroatoms. The lowest BCUT2D eigenvalue weighted by Gasteiger charge is -2.46. The van der Waals surface area contributed by atoms with E-state index in [1.54, 1.807) is 12.4 Å². The van der Waals surface area contributed by atoms with E-state index in [0.29, 0.717) is 18.2 Å². The molecule has 1 saturated carbocycles. The number of anilines is 1. The van der Waals surface area contributed by atoms with Crippen LogP contribution in [0.1, 0.15) is 42.7 Å². The molecule has 2 aliphatic rings. The van der Waals surface area contributed by atoms with Gasteiger partial charge in [-0.05, 0) is 79.1 Å². The van der Waals surface area contributed by atoms with Gasteiger partial charge in [0.15, 0.2) is 0 Å². The van der Waals surface area contributed by atoms with Crippen LogP contribution in [0.2, 0.25) is 0 Å². The standard InChI is InChI=1S/C30H31F2N5O/c31-30(32)19-36(20-30)24-11-7-22(8-12-24)27-18-37(28-6-2-1-5-26(27)28)25-13-9-23(10-14-25)35-29(38)34-17-21-4-3-15-33-16-21/h1-6,9-10,13-16,18,22,24H,7-8,11-12,17,19-20H2,(H2,34,35,38)/t22-,24+. The summed E-state index contributed by atoms with van der Waals surface area (Å²) < 4.78 is 28.9. The minimum Gasteiger partial charge on any atom is -0.334 e. The molecule has 38 heavy (non-hydrogen) atoms. The van der Waals surface area contributed by atoms with Crippen LogP contribution >= 0.6 is 0 Å². The lowest BCUT2D eigenvalue weighted by atomic mass is 9.80. The van der Waals surface area contributed by atoms with Gasteiger partial charge >= 0.3 is 6.03 Å². The molecule has 0 unspecified atom stereocenters. The van der Waals surface area contributed by atoms with Crippen LogP contribution in [0, 0.1) is 0 Å². The maximum absolute atomic E-state index is 13.3. The van der Waals surface area contributed by atoms with E-state index >= 15 is 0 Å². The molecule has 6 nitrogen and oxygen atoms in total. The number of pyridine rings is 1. The number of rotatable bonds is 6. The third-order valence-corrected chi connectivity index (χ3v) is 7.84. The number of carbonyl (C=O) groups excluding carboxylic acids is 1. The molecule has 0 atom stereocenters. The van der Waals surface area contributed by atoms with Crippen LogP contribution in [0.4, 0.5) is 19.3 Å². The van der Waals surface area contributed by atoms with Crippen molar-refractivity contribution < 1.29 is 13.6 Å². The molecule has 4 aromatic rings. The number of likely N-dealkylation sites (tertiary alicyclic amines) is 1. The fourth-order valence-electron chi connectivity index (χ4n) is 5.87. The van der Waals surface area contributed by atoms with Gasteiger partial charge in [-0.25, -0.2) is 13.6 Å². The summed E-state index contributed by atoms with van der Waals surface area (Å²) in [6, 6.07) is 20.0. The SMILES string of the molecule is O=C(NCc1cccnc1)Nc1ccc(-n2cc([C@H]3CC[C@@H](N4CC(F)(F)C4)CC3)c3ccccc32)cc1. The van der Waals surface area contributed by atoms with Crippen LogP contribution in [0.25, 0.3) is 16.6 Å². The fourth-order valence-corrected chi connectivity index (χ4v) is 5.87. The number of nitrogens with one attached hydrogen (secondary N) is 2. The van der Waals surface area contributed by atoms with Crippen LogP contribution in [0.3, 0.4) is 0 Å². The number of nitrogens with zero attached hydrogens (tertiary/aromatic N) is 3. The maximum atomic E-state index is 13.3. The highest BCUT2D eigenvalue weighted by atomic mass is 19.3. The average molecular weight is 516 g/mol. The molecule has 2 aromatic carbocycles. The number of hydrogen-bond donors (Lipinski definition) is 2. The minimum absolute atomic E-state index is 0.0847. The molecule has 1 aliphatic heterocycles. The van der Waals surface area contributed by atoms with Gasteiger partial charge in [0, 0.05) is 47.9 Å². The molecule has 2 N–H and O–H groups in total. The van der Waals surface area contributed by atoms with Gasteiger partial charge in [-0.1, -0.05) is 24.3 Å². The van der Waals surface area contributed by atoms with Crippen LogP contribution in [-0.2, 0) is 6.54 Å². The van der Waals surface area contributed by atoms with Crippen molar-refractivity contribution in [3.8, 4) is 5.69 Å². The van der Waals surface area contributed by atoms with Gasteiger partial charge in [-0.15, -0.1) is 0 Å². The van der Waals surface area contributed by atoms with Crippen molar-refractivity contribution in [2.45, 2.75) is 50.1 Å². The highest BCUT2D eigenvalue weighted by molar-refractivity contribution is 5.89. The molecule has 1 saturated heterocycles. The smallest absolute Gasteiger partial charge is 0.319 e. The van der Waals surface area contributed by atoms with Crippen molar-refractivity contribution in [2.24, 2.45) is 0 Å². The number of urea groups is 1. The molecular formula is C30H31F2N5O. The molecule has 0 bridgehead atoms. The zero-order valence-electron chi connectivity index (χ0n) is 21.1. The maximum Gasteiger partial charge on any atom is 0.319 e. The van der Waals surface area contributed by atoms with E-state index < -0.39 is 5.92 Å². The fraction of sp³-hybridized carbons (Fsp3) is 0.333. The Morgan fingerprint density at radius 3 is 2.45 bits per heavy atom. The first-order chi connectivity index (χ1) is 18.4. The Morgan fingerprint density at radius 1 is 0.974 bits per heavy atom. The van der Waals surface area contributed by atoms with Gasteiger partial charge in [0.1, 0.15) is 0 Å². The van der Waals surface area contributed by atoms with Gasteiger partial charge in [-0.3, -0.25) is 9.88 Å². The quantitative estimate of drug-likeness (QED) is 0.316. The summed E-state index contributed by atoms with van der Waals surface area (Å²) in [5.74, 6) is -2.08. The van der Waals surface area contributed by atoms with E-state index in [1.807, 2.05) is 47.4 Å². The number of fused-ring (bicyclic) bond motifs is 1. The lowest BCUT2D eigenvalue weighted by Crippen LogP contribution is -2.60. The van der Waals surface area contributed by atoms with E-state index in [1.165, 1.54) is 10.9 Å². The number of para-hydroxylation sites is 1. The van der Waals surface area contributed by atoms with Gasteiger partial charge in [0.05, 0.1) is 18.6 Å². The Labute approximate surface area is 220 Å². The number of amides is 2. The Morgan fingerprint density at radius 2 is 1.74 bits per heavy atom.